The van der Waals surface area contributed by atoms with Crippen LogP contribution in [0.3, 0.4) is 0 Å². The Morgan fingerprint density at radius 3 is 1.32 bits per heavy atom. The summed E-state index contributed by atoms with van der Waals surface area (Å²) in [6, 6.07) is 43.2. The standard InChI is InChI=1S/C21H25.C21H26.C5H5.2ClH.Zr/c1-20(2,3)16-9-7-14-11-15-8-10-17(21(4,5)6)13-19(15)18(14)12-16;1-20(2,3)18-11-7-16(8-12-18)15-17-9-13-19(14-10-17)21(4,5)6;1-2-4-5-3-1;;;/h7,9-10,12-13H,11H2,1-6H3;7-14H,1-6H3;1-5H;2*1H;/q-1;;-1;;;+2/p-2. The Morgan fingerprint density at radius 2 is 0.940 bits per heavy atom. The topological polar surface area (TPSA) is 0 Å². The second kappa shape index (κ2) is 17.4. The summed E-state index contributed by atoms with van der Waals surface area (Å²) in [4.78, 5) is 0. The van der Waals surface area contributed by atoms with Gasteiger partial charge in [-0.15, -0.1) is 5.56 Å². The summed E-state index contributed by atoms with van der Waals surface area (Å²) >= 11 is 1.46. The Balaban J connectivity index is 0.000000293. The van der Waals surface area contributed by atoms with Gasteiger partial charge in [-0.2, -0.15) is 47.5 Å². The van der Waals surface area contributed by atoms with E-state index in [4.69, 9.17) is 0 Å². The van der Waals surface area contributed by atoms with Gasteiger partial charge in [0.15, 0.2) is 0 Å². The molecule has 0 aromatic heterocycles. The van der Waals surface area contributed by atoms with Crippen molar-refractivity contribution in [1.29, 1.82) is 0 Å². The van der Waals surface area contributed by atoms with Gasteiger partial charge in [-0.25, -0.2) is 12.1 Å². The zero-order chi connectivity index (χ0) is 35.5. The third-order valence-electron chi connectivity index (χ3n) is 9.16. The summed E-state index contributed by atoms with van der Waals surface area (Å²) < 4.78 is 1.42. The third kappa shape index (κ3) is 11.5. The molecule has 0 atom stereocenters. The summed E-state index contributed by atoms with van der Waals surface area (Å²) in [5, 5.41) is 0. The van der Waals surface area contributed by atoms with E-state index >= 15 is 0 Å². The van der Waals surface area contributed by atoms with Gasteiger partial charge >= 0.3 is 151 Å². The molecule has 0 aliphatic heterocycles. The van der Waals surface area contributed by atoms with Gasteiger partial charge in [0.25, 0.3) is 0 Å². The number of halogens is 2. The van der Waals surface area contributed by atoms with Gasteiger partial charge in [0.05, 0.1) is 0 Å². The average molecular weight is 783 g/mol. The fourth-order valence-electron chi connectivity index (χ4n) is 5.75. The van der Waals surface area contributed by atoms with Crippen LogP contribution in [0, 0.1) is 6.07 Å². The summed E-state index contributed by atoms with van der Waals surface area (Å²) in [5.74, 6) is 0. The normalized spacial score (nSPS) is 12.1. The predicted molar refractivity (Wildman–Crippen MR) is 206 cm³/mol. The Morgan fingerprint density at radius 1 is 0.540 bits per heavy atom. The minimum absolute atomic E-state index is 0. The minimum Gasteiger partial charge on any atom is -1.00 e. The molecule has 0 heterocycles. The van der Waals surface area contributed by atoms with Crippen LogP contribution < -0.4 is 24.8 Å². The summed E-state index contributed by atoms with van der Waals surface area (Å²) in [7, 11) is 0. The van der Waals surface area contributed by atoms with Crippen LogP contribution in [0.2, 0.25) is 0 Å². The fraction of sp³-hybridized carbons (Fsp3) is 0.362. The number of hydrogen-bond acceptors (Lipinski definition) is 0. The van der Waals surface area contributed by atoms with Crippen LogP contribution in [0.15, 0.2) is 109 Å². The first-order chi connectivity index (χ1) is 22.2. The van der Waals surface area contributed by atoms with Gasteiger partial charge in [-0.05, 0) is 17.4 Å². The van der Waals surface area contributed by atoms with Crippen molar-refractivity contribution < 1.29 is 49.0 Å². The van der Waals surface area contributed by atoms with Crippen LogP contribution in [0.1, 0.15) is 128 Å². The van der Waals surface area contributed by atoms with Crippen LogP contribution in [0.5, 0.6) is 0 Å². The van der Waals surface area contributed by atoms with E-state index in [1.165, 1.54) is 83.1 Å². The Hall–Kier alpha value is -2.44. The molecular formula is C47H56Cl2Zr-2. The SMILES string of the molecule is CC(C)(C)c1c[c-]c2c(c1)-c1cc(C(C)(C)C)ccc1C2.CC(C)(C)c1ccc([C](=[Zr+2])c2ccc(C(C)(C)C)cc2)cc1.[Cl-].[Cl-].c1cc[cH-]c1. The molecule has 0 saturated carbocycles. The minimum atomic E-state index is 0. The van der Waals surface area contributed by atoms with Crippen molar-refractivity contribution in [3.63, 3.8) is 0 Å². The fourth-order valence-corrected chi connectivity index (χ4v) is 6.57. The Kier molecular flexibility index (Phi) is 15.2. The summed E-state index contributed by atoms with van der Waals surface area (Å²) in [6.45, 7) is 27.2. The van der Waals surface area contributed by atoms with Crippen molar-refractivity contribution >= 4 is 3.21 Å². The molecule has 50 heavy (non-hydrogen) atoms. The molecule has 264 valence electrons. The second-order valence-electron chi connectivity index (χ2n) is 17.3. The van der Waals surface area contributed by atoms with Crippen molar-refractivity contribution in [1.82, 2.24) is 0 Å². The predicted octanol–water partition coefficient (Wildman–Crippen LogP) is 6.46. The van der Waals surface area contributed by atoms with Gasteiger partial charge in [0, 0.05) is 0 Å². The maximum absolute atomic E-state index is 3.53. The number of rotatable bonds is 2. The second-order valence-corrected chi connectivity index (χ2v) is 18.6. The van der Waals surface area contributed by atoms with E-state index in [1.54, 1.807) is 0 Å². The first-order valence-electron chi connectivity index (χ1n) is 17.4. The number of hydrogen-bond donors (Lipinski definition) is 0. The van der Waals surface area contributed by atoms with Crippen molar-refractivity contribution in [3.05, 3.63) is 160 Å². The largest absolute Gasteiger partial charge is 1.00 e. The Bertz CT molecular complexity index is 1660. The van der Waals surface area contributed by atoms with Gasteiger partial charge in [0.1, 0.15) is 0 Å². The van der Waals surface area contributed by atoms with E-state index in [1.807, 2.05) is 30.3 Å². The zero-order valence-electron chi connectivity index (χ0n) is 32.4. The van der Waals surface area contributed by atoms with Crippen molar-refractivity contribution in [3.8, 4) is 11.1 Å². The molecule has 1 aliphatic rings. The molecule has 1 aliphatic carbocycles. The number of fused-ring (bicyclic) bond motifs is 3. The first kappa shape index (κ1) is 43.7. The average Bonchev–Trinajstić information content (AvgIpc) is 3.71. The maximum atomic E-state index is 3.53. The van der Waals surface area contributed by atoms with Crippen molar-refractivity contribution in [2.75, 3.05) is 0 Å². The van der Waals surface area contributed by atoms with Crippen LogP contribution in [-0.2, 0) is 52.3 Å². The molecule has 0 radical (unpaired) electrons. The van der Waals surface area contributed by atoms with Crippen LogP contribution in [0.4, 0.5) is 0 Å². The van der Waals surface area contributed by atoms with Crippen molar-refractivity contribution in [2.24, 2.45) is 0 Å². The molecule has 0 bridgehead atoms. The van der Waals surface area contributed by atoms with E-state index in [9.17, 15) is 0 Å². The molecule has 0 spiro atoms. The van der Waals surface area contributed by atoms with Crippen LogP contribution in [0.25, 0.3) is 11.1 Å². The van der Waals surface area contributed by atoms with Gasteiger partial charge in [0.2, 0.25) is 0 Å². The van der Waals surface area contributed by atoms with E-state index in [0.717, 1.165) is 6.42 Å². The third-order valence-corrected chi connectivity index (χ3v) is 10.6. The van der Waals surface area contributed by atoms with E-state index in [-0.39, 0.29) is 46.5 Å². The molecule has 5 aromatic carbocycles. The monoisotopic (exact) mass is 780 g/mol. The Labute approximate surface area is 332 Å². The van der Waals surface area contributed by atoms with E-state index in [2.05, 4.69) is 168 Å². The molecule has 0 saturated heterocycles. The maximum Gasteiger partial charge on any atom is -0.172 e. The molecule has 0 N–H and O–H groups in total. The quantitative estimate of drug-likeness (QED) is 0.177. The summed E-state index contributed by atoms with van der Waals surface area (Å²) in [5.41, 5.74) is 14.7. The van der Waals surface area contributed by atoms with Crippen molar-refractivity contribution in [2.45, 2.75) is 111 Å². The smallest absolute Gasteiger partial charge is 0.172 e. The molecule has 5 aromatic rings. The zero-order valence-corrected chi connectivity index (χ0v) is 36.3. The molecular weight excluding hydrogens is 727 g/mol. The molecule has 0 unspecified atom stereocenters. The van der Waals surface area contributed by atoms with E-state index in [0.29, 0.717) is 0 Å². The first-order valence-corrected chi connectivity index (χ1v) is 18.6. The molecule has 3 heteroatoms. The molecule has 0 nitrogen and oxygen atoms in total. The molecule has 6 rings (SSSR count). The van der Waals surface area contributed by atoms with E-state index < -0.39 is 0 Å². The van der Waals surface area contributed by atoms with Gasteiger partial charge < -0.3 is 24.8 Å². The van der Waals surface area contributed by atoms with Gasteiger partial charge in [-0.1, -0.05) is 76.3 Å². The van der Waals surface area contributed by atoms with Crippen LogP contribution >= 0.6 is 0 Å². The molecule has 0 fully saturated rings. The summed E-state index contributed by atoms with van der Waals surface area (Å²) in [6.07, 6.45) is 1.03. The van der Waals surface area contributed by atoms with Gasteiger partial charge in [-0.3, -0.25) is 0 Å². The number of benzene rings is 4. The molecule has 0 amide bonds. The van der Waals surface area contributed by atoms with Crippen LogP contribution in [-0.4, -0.2) is 3.21 Å².